The van der Waals surface area contributed by atoms with Crippen molar-refractivity contribution in [1.29, 1.82) is 0 Å². The first-order valence-electron chi connectivity index (χ1n) is 9.10. The molecule has 1 N–H and O–H groups in total. The molecule has 1 aliphatic rings. The summed E-state index contributed by atoms with van der Waals surface area (Å²) in [7, 11) is 3.44. The number of rotatable bonds is 5. The first-order valence-corrected chi connectivity index (χ1v) is 9.51. The predicted octanol–water partition coefficient (Wildman–Crippen LogP) is 2.58. The van der Waals surface area contributed by atoms with Crippen molar-refractivity contribution in [2.45, 2.75) is 13.1 Å². The molecule has 0 radical (unpaired) electrons. The van der Waals surface area contributed by atoms with Gasteiger partial charge in [0.1, 0.15) is 18.0 Å². The molecule has 0 spiro atoms. The third kappa shape index (κ3) is 3.54. The molecule has 1 fully saturated rings. The van der Waals surface area contributed by atoms with E-state index in [1.165, 1.54) is 4.90 Å². The normalized spacial score (nSPS) is 15.7. The van der Waals surface area contributed by atoms with Gasteiger partial charge in [-0.05, 0) is 36.5 Å². The number of benzene rings is 1. The zero-order chi connectivity index (χ0) is 20.5. The van der Waals surface area contributed by atoms with E-state index in [1.807, 2.05) is 47.2 Å². The van der Waals surface area contributed by atoms with Crippen LogP contribution in [-0.2, 0) is 22.7 Å². The summed E-state index contributed by atoms with van der Waals surface area (Å²) in [5.41, 5.74) is 2.27. The minimum absolute atomic E-state index is 0.128. The molecule has 29 heavy (non-hydrogen) atoms. The number of para-hydroxylation sites is 1. The van der Waals surface area contributed by atoms with Crippen LogP contribution in [-0.4, -0.2) is 45.4 Å². The molecule has 2 amide bonds. The van der Waals surface area contributed by atoms with Crippen molar-refractivity contribution in [3.8, 4) is 0 Å². The topological polar surface area (TPSA) is 70.7 Å². The van der Waals surface area contributed by atoms with E-state index in [2.05, 4.69) is 5.32 Å². The van der Waals surface area contributed by atoms with Crippen molar-refractivity contribution in [3.05, 3.63) is 65.9 Å². The number of hydrogen-bond donors (Lipinski definition) is 1. The number of nitrogens with zero attached hydrogens (tertiary/aromatic N) is 3. The van der Waals surface area contributed by atoms with Gasteiger partial charge in [-0.1, -0.05) is 18.2 Å². The van der Waals surface area contributed by atoms with E-state index >= 15 is 0 Å². The average molecular weight is 408 g/mol. The van der Waals surface area contributed by atoms with Crippen LogP contribution in [0, 0.1) is 0 Å². The maximum Gasteiger partial charge on any atom is 0.276 e. The molecule has 3 aromatic rings. The molecule has 7 nitrogen and oxygen atoms in total. The molecular formula is C21H20N4O3S. The average Bonchev–Trinajstić information content (AvgIpc) is 3.40. The minimum Gasteiger partial charge on any atom is -0.467 e. The monoisotopic (exact) mass is 408 g/mol. The summed E-state index contributed by atoms with van der Waals surface area (Å²) in [6, 6.07) is 11.4. The lowest BCUT2D eigenvalue weighted by atomic mass is 10.1. The van der Waals surface area contributed by atoms with E-state index in [-0.39, 0.29) is 18.4 Å². The maximum atomic E-state index is 12.5. The van der Waals surface area contributed by atoms with Crippen LogP contribution in [0.15, 0.2) is 59.0 Å². The summed E-state index contributed by atoms with van der Waals surface area (Å²) < 4.78 is 7.12. The molecule has 8 heteroatoms. The SMILES string of the molecule is CN1C(=O)/C(=C/c2cn(CC(=O)NCc3ccco3)c3ccccc23)N(C)C1=S. The van der Waals surface area contributed by atoms with E-state index in [1.54, 1.807) is 31.3 Å². The standard InChI is InChI=1S/C21H20N4O3S/c1-23-18(20(27)24(2)21(23)29)10-14-12-25(17-8-4-3-7-16(14)17)13-19(26)22-11-15-6-5-9-28-15/h3-10,12H,11,13H2,1-2H3,(H,22,26)/b18-10-. The molecular weight excluding hydrogens is 388 g/mol. The van der Waals surface area contributed by atoms with Crippen LogP contribution in [0.3, 0.4) is 0 Å². The number of thiocarbonyl (C=S) groups is 1. The fraction of sp³-hybridized carbons (Fsp3) is 0.190. The van der Waals surface area contributed by atoms with Gasteiger partial charge in [-0.15, -0.1) is 0 Å². The lowest BCUT2D eigenvalue weighted by Gasteiger charge is -2.10. The molecule has 148 valence electrons. The van der Waals surface area contributed by atoms with E-state index < -0.39 is 0 Å². The van der Waals surface area contributed by atoms with Gasteiger partial charge in [0.05, 0.1) is 12.8 Å². The maximum absolute atomic E-state index is 12.5. The van der Waals surface area contributed by atoms with E-state index in [4.69, 9.17) is 16.6 Å². The lowest BCUT2D eigenvalue weighted by molar-refractivity contribution is -0.122. The Morgan fingerprint density at radius 3 is 2.66 bits per heavy atom. The zero-order valence-corrected chi connectivity index (χ0v) is 16.9. The molecule has 1 aromatic carbocycles. The highest BCUT2D eigenvalue weighted by Crippen LogP contribution is 2.27. The van der Waals surface area contributed by atoms with Crippen LogP contribution in [0.4, 0.5) is 0 Å². The third-order valence-electron chi connectivity index (χ3n) is 4.92. The van der Waals surface area contributed by atoms with Gasteiger partial charge in [0, 0.05) is 36.8 Å². The Labute approximate surface area is 173 Å². The van der Waals surface area contributed by atoms with E-state index in [0.717, 1.165) is 16.5 Å². The van der Waals surface area contributed by atoms with Gasteiger partial charge in [-0.3, -0.25) is 14.5 Å². The Morgan fingerprint density at radius 1 is 1.17 bits per heavy atom. The van der Waals surface area contributed by atoms with Crippen molar-refractivity contribution >= 4 is 46.1 Å². The summed E-state index contributed by atoms with van der Waals surface area (Å²) in [6.07, 6.45) is 5.27. The molecule has 0 aliphatic carbocycles. The van der Waals surface area contributed by atoms with Crippen LogP contribution in [0.25, 0.3) is 17.0 Å². The van der Waals surface area contributed by atoms with Crippen molar-refractivity contribution in [2.24, 2.45) is 0 Å². The molecule has 1 saturated heterocycles. The van der Waals surface area contributed by atoms with Gasteiger partial charge >= 0.3 is 0 Å². The second-order valence-corrected chi connectivity index (χ2v) is 7.19. The third-order valence-corrected chi connectivity index (χ3v) is 5.47. The number of aromatic nitrogens is 1. The van der Waals surface area contributed by atoms with Gasteiger partial charge in [0.15, 0.2) is 5.11 Å². The number of carbonyl (C=O) groups is 2. The number of fused-ring (bicyclic) bond motifs is 1. The van der Waals surface area contributed by atoms with Crippen LogP contribution in [0.5, 0.6) is 0 Å². The number of amides is 2. The predicted molar refractivity (Wildman–Crippen MR) is 114 cm³/mol. The van der Waals surface area contributed by atoms with Crippen molar-refractivity contribution < 1.29 is 14.0 Å². The minimum atomic E-state index is -0.148. The Hall–Kier alpha value is -3.39. The number of furan rings is 1. The van der Waals surface area contributed by atoms with Crippen LogP contribution in [0.2, 0.25) is 0 Å². The fourth-order valence-corrected chi connectivity index (χ4v) is 3.55. The highest BCUT2D eigenvalue weighted by molar-refractivity contribution is 7.80. The fourth-order valence-electron chi connectivity index (χ4n) is 3.37. The summed E-state index contributed by atoms with van der Waals surface area (Å²) >= 11 is 5.28. The number of carbonyl (C=O) groups excluding carboxylic acids is 2. The summed E-state index contributed by atoms with van der Waals surface area (Å²) in [6.45, 7) is 0.498. The Balaban J connectivity index is 1.62. The number of likely N-dealkylation sites (N-methyl/N-ethyl adjacent to an activating group) is 2. The molecule has 0 unspecified atom stereocenters. The number of hydrogen-bond acceptors (Lipinski definition) is 4. The Bertz CT molecular complexity index is 1130. The molecule has 4 rings (SSSR count). The second kappa shape index (κ2) is 7.56. The van der Waals surface area contributed by atoms with E-state index in [0.29, 0.717) is 23.1 Å². The quantitative estimate of drug-likeness (QED) is 0.519. The first kappa shape index (κ1) is 18.9. The summed E-state index contributed by atoms with van der Waals surface area (Å²) in [5, 5.41) is 4.27. The zero-order valence-electron chi connectivity index (χ0n) is 16.1. The van der Waals surface area contributed by atoms with Crippen molar-refractivity contribution in [3.63, 3.8) is 0 Å². The highest BCUT2D eigenvalue weighted by Gasteiger charge is 2.33. The highest BCUT2D eigenvalue weighted by atomic mass is 32.1. The molecule has 2 aromatic heterocycles. The van der Waals surface area contributed by atoms with E-state index in [9.17, 15) is 9.59 Å². The molecule has 0 bridgehead atoms. The molecule has 0 atom stereocenters. The summed E-state index contributed by atoms with van der Waals surface area (Å²) in [5.74, 6) is 0.422. The van der Waals surface area contributed by atoms with Crippen molar-refractivity contribution in [1.82, 2.24) is 19.7 Å². The van der Waals surface area contributed by atoms with Gasteiger partial charge < -0.3 is 19.2 Å². The Kier molecular flexibility index (Phi) is 4.94. The molecule has 0 saturated carbocycles. The van der Waals surface area contributed by atoms with Crippen LogP contribution < -0.4 is 5.32 Å². The van der Waals surface area contributed by atoms with Gasteiger partial charge in [0.2, 0.25) is 5.91 Å². The first-order chi connectivity index (χ1) is 14.0. The smallest absolute Gasteiger partial charge is 0.276 e. The molecule has 1 aliphatic heterocycles. The van der Waals surface area contributed by atoms with Gasteiger partial charge in [0.25, 0.3) is 5.91 Å². The van der Waals surface area contributed by atoms with Crippen LogP contribution >= 0.6 is 12.2 Å². The van der Waals surface area contributed by atoms with Gasteiger partial charge in [-0.2, -0.15) is 0 Å². The largest absolute Gasteiger partial charge is 0.467 e. The van der Waals surface area contributed by atoms with Crippen molar-refractivity contribution in [2.75, 3.05) is 14.1 Å². The molecule has 3 heterocycles. The lowest BCUT2D eigenvalue weighted by Crippen LogP contribution is -2.26. The van der Waals surface area contributed by atoms with Crippen LogP contribution in [0.1, 0.15) is 11.3 Å². The second-order valence-electron chi connectivity index (χ2n) is 6.82. The van der Waals surface area contributed by atoms with Gasteiger partial charge in [-0.25, -0.2) is 0 Å². The number of nitrogens with one attached hydrogen (secondary N) is 1. The summed E-state index contributed by atoms with van der Waals surface area (Å²) in [4.78, 5) is 28.1. The Morgan fingerprint density at radius 2 is 1.97 bits per heavy atom.